The number of rotatable bonds is 6. The molecule has 1 atom stereocenters. The molecule has 0 N–H and O–H groups in total. The van der Waals surface area contributed by atoms with Crippen LogP contribution in [0.5, 0.6) is 11.5 Å². The van der Waals surface area contributed by atoms with Gasteiger partial charge in [0.15, 0.2) is 11.5 Å². The van der Waals surface area contributed by atoms with Gasteiger partial charge in [0.25, 0.3) is 0 Å². The maximum absolute atomic E-state index is 13.3. The Morgan fingerprint density at radius 1 is 1.17 bits per heavy atom. The molecule has 1 fully saturated rings. The van der Waals surface area contributed by atoms with Crippen LogP contribution in [0.25, 0.3) is 10.4 Å². The van der Waals surface area contributed by atoms with Crippen LogP contribution in [0.2, 0.25) is 0 Å². The van der Waals surface area contributed by atoms with Crippen LogP contribution < -0.4 is 9.47 Å². The standard InChI is InChI=1S/C29H33FN2O3S/c1-20-5-10-27(36-20)23-15-24-18-32(28(33)14-21-6-8-25(30)9-7-21)12-13-34-29(24)26(16-23)35-19-22-4-3-11-31(2)17-22/h5-10,15-16,22H,3-4,11-14,17-19H2,1-2H3. The van der Waals surface area contributed by atoms with Gasteiger partial charge in [-0.15, -0.1) is 11.3 Å². The molecule has 0 saturated carbocycles. The molecule has 2 aliphatic heterocycles. The number of carbonyl (C=O) groups excluding carboxylic acids is 1. The van der Waals surface area contributed by atoms with E-state index in [4.69, 9.17) is 9.47 Å². The van der Waals surface area contributed by atoms with Gasteiger partial charge in [0.2, 0.25) is 5.91 Å². The first-order valence-corrected chi connectivity index (χ1v) is 13.5. The lowest BCUT2D eigenvalue weighted by Crippen LogP contribution is -2.34. The number of hydrogen-bond acceptors (Lipinski definition) is 5. The van der Waals surface area contributed by atoms with Gasteiger partial charge in [-0.25, -0.2) is 4.39 Å². The third-order valence-electron chi connectivity index (χ3n) is 6.94. The maximum atomic E-state index is 13.3. The van der Waals surface area contributed by atoms with E-state index in [2.05, 4.69) is 43.1 Å². The van der Waals surface area contributed by atoms with E-state index in [9.17, 15) is 9.18 Å². The third kappa shape index (κ3) is 5.90. The third-order valence-corrected chi connectivity index (χ3v) is 7.99. The summed E-state index contributed by atoms with van der Waals surface area (Å²) >= 11 is 1.75. The van der Waals surface area contributed by atoms with Gasteiger partial charge in [-0.1, -0.05) is 12.1 Å². The van der Waals surface area contributed by atoms with Gasteiger partial charge in [-0.3, -0.25) is 4.79 Å². The normalized spacial score (nSPS) is 18.3. The highest BCUT2D eigenvalue weighted by atomic mass is 32.1. The second kappa shape index (κ2) is 11.0. The Labute approximate surface area is 216 Å². The number of hydrogen-bond donors (Lipinski definition) is 0. The van der Waals surface area contributed by atoms with Crippen molar-refractivity contribution in [2.24, 2.45) is 5.92 Å². The number of piperidine rings is 1. The van der Waals surface area contributed by atoms with Crippen LogP contribution in [0.4, 0.5) is 4.39 Å². The minimum atomic E-state index is -0.299. The molecule has 2 aromatic carbocycles. The molecule has 1 aromatic heterocycles. The van der Waals surface area contributed by atoms with Gasteiger partial charge in [-0.2, -0.15) is 0 Å². The molecule has 0 aliphatic carbocycles. The van der Waals surface area contributed by atoms with E-state index in [1.165, 1.54) is 34.7 Å². The number of aryl methyl sites for hydroxylation is 1. The molecule has 1 amide bonds. The summed E-state index contributed by atoms with van der Waals surface area (Å²) in [6.07, 6.45) is 2.60. The number of nitrogens with zero attached hydrogens (tertiary/aromatic N) is 2. The molecule has 1 unspecified atom stereocenters. The Balaban J connectivity index is 1.40. The number of halogens is 1. The zero-order valence-corrected chi connectivity index (χ0v) is 21.8. The van der Waals surface area contributed by atoms with Gasteiger partial charge in [0.1, 0.15) is 12.4 Å². The first-order valence-electron chi connectivity index (χ1n) is 12.6. The largest absolute Gasteiger partial charge is 0.489 e. The number of carbonyl (C=O) groups is 1. The van der Waals surface area contributed by atoms with Crippen LogP contribution in [0.3, 0.4) is 0 Å². The van der Waals surface area contributed by atoms with Crippen LogP contribution in [-0.4, -0.2) is 55.6 Å². The van der Waals surface area contributed by atoms with Gasteiger partial charge in [-0.05, 0) is 80.9 Å². The summed E-state index contributed by atoms with van der Waals surface area (Å²) in [6.45, 7) is 6.30. The number of ether oxygens (including phenoxy) is 2. The highest BCUT2D eigenvalue weighted by Crippen LogP contribution is 2.40. The summed E-state index contributed by atoms with van der Waals surface area (Å²) in [6, 6.07) is 14.6. The average molecular weight is 509 g/mol. The molecule has 3 heterocycles. The van der Waals surface area contributed by atoms with Crippen molar-refractivity contribution in [1.82, 2.24) is 9.80 Å². The zero-order valence-electron chi connectivity index (χ0n) is 21.0. The van der Waals surface area contributed by atoms with Crippen molar-refractivity contribution in [3.05, 3.63) is 70.4 Å². The monoisotopic (exact) mass is 508 g/mol. The van der Waals surface area contributed by atoms with E-state index in [0.29, 0.717) is 32.2 Å². The lowest BCUT2D eigenvalue weighted by atomic mass is 9.99. The first kappa shape index (κ1) is 24.8. The molecule has 0 bridgehead atoms. The summed E-state index contributed by atoms with van der Waals surface area (Å²) in [4.78, 5) is 19.8. The molecule has 36 heavy (non-hydrogen) atoms. The first-order chi connectivity index (χ1) is 17.4. The van der Waals surface area contributed by atoms with Crippen molar-refractivity contribution in [2.75, 3.05) is 39.9 Å². The molecular formula is C29H33FN2O3S. The molecule has 5 rings (SSSR count). The Morgan fingerprint density at radius 2 is 2.00 bits per heavy atom. The second-order valence-corrected chi connectivity index (χ2v) is 11.2. The van der Waals surface area contributed by atoms with Crippen LogP contribution >= 0.6 is 11.3 Å². The van der Waals surface area contributed by atoms with E-state index >= 15 is 0 Å². The van der Waals surface area contributed by atoms with Gasteiger partial charge < -0.3 is 19.3 Å². The van der Waals surface area contributed by atoms with E-state index in [1.807, 2.05) is 4.90 Å². The molecule has 5 nitrogen and oxygen atoms in total. The summed E-state index contributed by atoms with van der Waals surface area (Å²) in [7, 11) is 2.17. The van der Waals surface area contributed by atoms with Crippen LogP contribution in [0.15, 0.2) is 48.5 Å². The Hall–Kier alpha value is -2.90. The Kier molecular flexibility index (Phi) is 7.58. The summed E-state index contributed by atoms with van der Waals surface area (Å²) in [5.74, 6) is 1.70. The van der Waals surface area contributed by atoms with Crippen LogP contribution in [0.1, 0.15) is 28.8 Å². The number of benzene rings is 2. The molecule has 3 aromatic rings. The van der Waals surface area contributed by atoms with Crippen molar-refractivity contribution < 1.29 is 18.7 Å². The topological polar surface area (TPSA) is 42.0 Å². The summed E-state index contributed by atoms with van der Waals surface area (Å²) in [5, 5.41) is 0. The number of fused-ring (bicyclic) bond motifs is 1. The number of thiophene rings is 1. The maximum Gasteiger partial charge on any atom is 0.227 e. The fraction of sp³-hybridized carbons (Fsp3) is 0.414. The fourth-order valence-corrected chi connectivity index (χ4v) is 5.90. The van der Waals surface area contributed by atoms with Crippen molar-refractivity contribution in [3.63, 3.8) is 0 Å². The smallest absolute Gasteiger partial charge is 0.227 e. The predicted octanol–water partition coefficient (Wildman–Crippen LogP) is 5.55. The van der Waals surface area contributed by atoms with Gasteiger partial charge in [0, 0.05) is 34.3 Å². The van der Waals surface area contributed by atoms with Gasteiger partial charge >= 0.3 is 0 Å². The van der Waals surface area contributed by atoms with E-state index in [1.54, 1.807) is 23.5 Å². The lowest BCUT2D eigenvalue weighted by Gasteiger charge is -2.29. The van der Waals surface area contributed by atoms with E-state index < -0.39 is 0 Å². The molecule has 2 aliphatic rings. The Bertz CT molecular complexity index is 1210. The van der Waals surface area contributed by atoms with Crippen LogP contribution in [0, 0.1) is 18.7 Å². The minimum absolute atomic E-state index is 0.00291. The van der Waals surface area contributed by atoms with Crippen LogP contribution in [-0.2, 0) is 17.8 Å². The molecule has 7 heteroatoms. The molecule has 1 saturated heterocycles. The van der Waals surface area contributed by atoms with Crippen molar-refractivity contribution in [1.29, 1.82) is 0 Å². The quantitative estimate of drug-likeness (QED) is 0.438. The molecule has 0 spiro atoms. The predicted molar refractivity (Wildman–Crippen MR) is 141 cm³/mol. The highest BCUT2D eigenvalue weighted by molar-refractivity contribution is 7.15. The second-order valence-electron chi connectivity index (χ2n) is 9.92. The SMILES string of the molecule is Cc1ccc(-c2cc3c(c(OCC4CCCN(C)C4)c2)OCCN(C(=O)Cc2ccc(F)cc2)C3)s1. The summed E-state index contributed by atoms with van der Waals surface area (Å²) in [5.41, 5.74) is 2.84. The van der Waals surface area contributed by atoms with Crippen molar-refractivity contribution in [3.8, 4) is 21.9 Å². The molecule has 190 valence electrons. The number of amides is 1. The minimum Gasteiger partial charge on any atom is -0.489 e. The number of likely N-dealkylation sites (tertiary alicyclic amines) is 1. The fourth-order valence-electron chi connectivity index (χ4n) is 5.04. The van der Waals surface area contributed by atoms with Gasteiger partial charge in [0.05, 0.1) is 19.6 Å². The highest BCUT2D eigenvalue weighted by Gasteiger charge is 2.25. The van der Waals surface area contributed by atoms with Crippen molar-refractivity contribution in [2.45, 2.75) is 32.7 Å². The zero-order chi connectivity index (χ0) is 25.1. The molecular weight excluding hydrogens is 475 g/mol. The van der Waals surface area contributed by atoms with Crippen molar-refractivity contribution >= 4 is 17.2 Å². The van der Waals surface area contributed by atoms with E-state index in [-0.39, 0.29) is 18.1 Å². The average Bonchev–Trinajstić information content (AvgIpc) is 3.18. The van der Waals surface area contributed by atoms with E-state index in [0.717, 1.165) is 41.3 Å². The summed E-state index contributed by atoms with van der Waals surface area (Å²) < 4.78 is 25.9. The lowest BCUT2D eigenvalue weighted by molar-refractivity contribution is -0.131. The Morgan fingerprint density at radius 3 is 2.75 bits per heavy atom. The molecule has 0 radical (unpaired) electrons.